The molecule has 0 saturated heterocycles. The summed E-state index contributed by atoms with van der Waals surface area (Å²) in [6.07, 6.45) is 0. The van der Waals surface area contributed by atoms with Crippen molar-refractivity contribution in [2.75, 3.05) is 4.72 Å². The van der Waals surface area contributed by atoms with Crippen LogP contribution in [0.2, 0.25) is 0 Å². The summed E-state index contributed by atoms with van der Waals surface area (Å²) in [6, 6.07) is 8.67. The third kappa shape index (κ3) is 3.45. The molecule has 0 aromatic heterocycles. The zero-order chi connectivity index (χ0) is 16.5. The minimum absolute atomic E-state index is 0.0964. The number of anilines is 1. The van der Waals surface area contributed by atoms with E-state index in [2.05, 4.69) is 20.7 Å². The first-order chi connectivity index (χ1) is 10.2. The van der Waals surface area contributed by atoms with E-state index in [1.807, 2.05) is 0 Å². The van der Waals surface area contributed by atoms with Crippen LogP contribution in [0.15, 0.2) is 45.8 Å². The SMILES string of the molecule is Cc1cc(S(=O)(=O)Nc2cc([N+](=O)[O-])ccc2C)ccc1Br. The molecule has 2 rings (SSSR count). The van der Waals surface area contributed by atoms with Gasteiger partial charge in [-0.1, -0.05) is 22.0 Å². The summed E-state index contributed by atoms with van der Waals surface area (Å²) in [5.41, 5.74) is 1.40. The normalized spacial score (nSPS) is 11.2. The number of nitro groups is 1. The minimum Gasteiger partial charge on any atom is -0.279 e. The maximum Gasteiger partial charge on any atom is 0.271 e. The first-order valence-electron chi connectivity index (χ1n) is 6.25. The van der Waals surface area contributed by atoms with Crippen LogP contribution in [0.4, 0.5) is 11.4 Å². The zero-order valence-electron chi connectivity index (χ0n) is 11.8. The van der Waals surface area contributed by atoms with E-state index >= 15 is 0 Å². The summed E-state index contributed by atoms with van der Waals surface area (Å²) in [7, 11) is -3.81. The van der Waals surface area contributed by atoms with Crippen molar-refractivity contribution in [3.8, 4) is 0 Å². The minimum atomic E-state index is -3.81. The van der Waals surface area contributed by atoms with Crippen LogP contribution in [-0.4, -0.2) is 13.3 Å². The van der Waals surface area contributed by atoms with Crippen molar-refractivity contribution in [2.45, 2.75) is 18.7 Å². The molecule has 0 fully saturated rings. The third-order valence-electron chi connectivity index (χ3n) is 3.12. The van der Waals surface area contributed by atoms with Crippen molar-refractivity contribution in [1.29, 1.82) is 0 Å². The molecule has 0 saturated carbocycles. The molecule has 22 heavy (non-hydrogen) atoms. The molecule has 6 nitrogen and oxygen atoms in total. The summed E-state index contributed by atoms with van der Waals surface area (Å²) in [4.78, 5) is 10.3. The Labute approximate surface area is 136 Å². The zero-order valence-corrected chi connectivity index (χ0v) is 14.2. The first kappa shape index (κ1) is 16.4. The second-order valence-electron chi connectivity index (χ2n) is 4.77. The fraction of sp³-hybridized carbons (Fsp3) is 0.143. The van der Waals surface area contributed by atoms with Crippen molar-refractivity contribution in [1.82, 2.24) is 0 Å². The fourth-order valence-corrected chi connectivity index (χ4v) is 3.27. The lowest BCUT2D eigenvalue weighted by Gasteiger charge is -2.11. The number of rotatable bonds is 4. The van der Waals surface area contributed by atoms with Crippen LogP contribution in [0.5, 0.6) is 0 Å². The smallest absolute Gasteiger partial charge is 0.271 e. The lowest BCUT2D eigenvalue weighted by molar-refractivity contribution is -0.384. The topological polar surface area (TPSA) is 89.3 Å². The van der Waals surface area contributed by atoms with Gasteiger partial charge in [-0.05, 0) is 43.2 Å². The first-order valence-corrected chi connectivity index (χ1v) is 8.52. The van der Waals surface area contributed by atoms with Crippen molar-refractivity contribution < 1.29 is 13.3 Å². The van der Waals surface area contributed by atoms with Crippen LogP contribution in [0.1, 0.15) is 11.1 Å². The number of hydrogen-bond donors (Lipinski definition) is 1. The Bertz CT molecular complexity index is 850. The van der Waals surface area contributed by atoms with E-state index in [4.69, 9.17) is 0 Å². The van der Waals surface area contributed by atoms with Crippen LogP contribution < -0.4 is 4.72 Å². The number of halogens is 1. The van der Waals surface area contributed by atoms with E-state index in [-0.39, 0.29) is 16.3 Å². The average Bonchev–Trinajstić information content (AvgIpc) is 2.43. The molecule has 0 radical (unpaired) electrons. The third-order valence-corrected chi connectivity index (χ3v) is 5.37. The molecule has 0 atom stereocenters. The van der Waals surface area contributed by atoms with Gasteiger partial charge >= 0.3 is 0 Å². The predicted molar refractivity (Wildman–Crippen MR) is 87.5 cm³/mol. The van der Waals surface area contributed by atoms with Gasteiger partial charge in [0.15, 0.2) is 0 Å². The number of nitro benzene ring substituents is 1. The Morgan fingerprint density at radius 2 is 1.77 bits per heavy atom. The average molecular weight is 385 g/mol. The predicted octanol–water partition coefficient (Wildman–Crippen LogP) is 3.77. The number of hydrogen-bond acceptors (Lipinski definition) is 4. The Morgan fingerprint density at radius 1 is 1.09 bits per heavy atom. The molecule has 0 aliphatic heterocycles. The van der Waals surface area contributed by atoms with Gasteiger partial charge < -0.3 is 0 Å². The summed E-state index contributed by atoms with van der Waals surface area (Å²) in [5.74, 6) is 0. The second-order valence-corrected chi connectivity index (χ2v) is 7.31. The standard InChI is InChI=1S/C14H13BrN2O4S/c1-9-3-4-11(17(18)19)8-14(9)16-22(20,21)12-5-6-13(15)10(2)7-12/h3-8,16H,1-2H3. The number of nitrogens with zero attached hydrogens (tertiary/aromatic N) is 1. The molecular formula is C14H13BrN2O4S. The molecule has 8 heteroatoms. The highest BCUT2D eigenvalue weighted by Gasteiger charge is 2.18. The van der Waals surface area contributed by atoms with E-state index in [0.717, 1.165) is 10.0 Å². The van der Waals surface area contributed by atoms with Gasteiger partial charge in [-0.15, -0.1) is 0 Å². The molecule has 1 N–H and O–H groups in total. The highest BCUT2D eigenvalue weighted by molar-refractivity contribution is 9.10. The van der Waals surface area contributed by atoms with E-state index in [1.54, 1.807) is 19.9 Å². The molecule has 116 valence electrons. The largest absolute Gasteiger partial charge is 0.279 e. The molecule has 2 aromatic carbocycles. The van der Waals surface area contributed by atoms with Crippen LogP contribution >= 0.6 is 15.9 Å². The van der Waals surface area contributed by atoms with Crippen molar-refractivity contribution in [3.05, 3.63) is 62.1 Å². The number of nitrogens with one attached hydrogen (secondary N) is 1. The van der Waals surface area contributed by atoms with E-state index < -0.39 is 14.9 Å². The molecule has 0 amide bonds. The van der Waals surface area contributed by atoms with Crippen molar-refractivity contribution in [3.63, 3.8) is 0 Å². The highest BCUT2D eigenvalue weighted by Crippen LogP contribution is 2.26. The monoisotopic (exact) mass is 384 g/mol. The summed E-state index contributed by atoms with van der Waals surface area (Å²) in [5, 5.41) is 10.8. The summed E-state index contributed by atoms with van der Waals surface area (Å²) < 4.78 is 28.0. The highest BCUT2D eigenvalue weighted by atomic mass is 79.9. The van der Waals surface area contributed by atoms with Crippen molar-refractivity contribution >= 4 is 37.3 Å². The number of sulfonamides is 1. The van der Waals surface area contributed by atoms with Crippen LogP contribution in [0.3, 0.4) is 0 Å². The molecule has 0 unspecified atom stereocenters. The molecule has 0 heterocycles. The maximum absolute atomic E-state index is 12.4. The second kappa shape index (κ2) is 6.05. The van der Waals surface area contributed by atoms with Crippen LogP contribution in [0.25, 0.3) is 0 Å². The van der Waals surface area contributed by atoms with Crippen LogP contribution in [0, 0.1) is 24.0 Å². The number of benzene rings is 2. The van der Waals surface area contributed by atoms with Gasteiger partial charge in [0, 0.05) is 16.6 Å². The number of non-ortho nitro benzene ring substituents is 1. The number of aryl methyl sites for hydroxylation is 2. The Balaban J connectivity index is 2.42. The van der Waals surface area contributed by atoms with Crippen LogP contribution in [-0.2, 0) is 10.0 Å². The molecule has 2 aromatic rings. The lowest BCUT2D eigenvalue weighted by Crippen LogP contribution is -2.14. The van der Waals surface area contributed by atoms with Gasteiger partial charge in [0.05, 0.1) is 15.5 Å². The lowest BCUT2D eigenvalue weighted by atomic mass is 10.2. The van der Waals surface area contributed by atoms with Gasteiger partial charge in [-0.25, -0.2) is 8.42 Å². The molecule has 0 aliphatic carbocycles. The fourth-order valence-electron chi connectivity index (χ4n) is 1.82. The van der Waals surface area contributed by atoms with Gasteiger partial charge in [0.2, 0.25) is 0 Å². The quantitative estimate of drug-likeness (QED) is 0.641. The van der Waals surface area contributed by atoms with E-state index in [0.29, 0.717) is 5.56 Å². The molecule has 0 aliphatic rings. The van der Waals surface area contributed by atoms with Gasteiger partial charge in [0.1, 0.15) is 0 Å². The van der Waals surface area contributed by atoms with E-state index in [1.165, 1.54) is 30.3 Å². The molecule has 0 bridgehead atoms. The van der Waals surface area contributed by atoms with E-state index in [9.17, 15) is 18.5 Å². The Kier molecular flexibility index (Phi) is 4.52. The Morgan fingerprint density at radius 3 is 2.36 bits per heavy atom. The molecular weight excluding hydrogens is 372 g/mol. The summed E-state index contributed by atoms with van der Waals surface area (Å²) in [6.45, 7) is 3.45. The van der Waals surface area contributed by atoms with Crippen molar-refractivity contribution in [2.24, 2.45) is 0 Å². The summed E-state index contributed by atoms with van der Waals surface area (Å²) >= 11 is 3.31. The molecule has 0 spiro atoms. The van der Waals surface area contributed by atoms with Gasteiger partial charge in [0.25, 0.3) is 15.7 Å². The van der Waals surface area contributed by atoms with Gasteiger partial charge in [-0.2, -0.15) is 0 Å². The van der Waals surface area contributed by atoms with Gasteiger partial charge in [-0.3, -0.25) is 14.8 Å². The maximum atomic E-state index is 12.4. The Hall–Kier alpha value is -1.93.